The monoisotopic (exact) mass is 251 g/mol. The maximum absolute atomic E-state index is 4.65. The quantitative estimate of drug-likeness (QED) is 0.807. The number of rotatable bonds is 7. The van der Waals surface area contributed by atoms with Crippen LogP contribution in [0.4, 0.5) is 0 Å². The van der Waals surface area contributed by atoms with Crippen molar-refractivity contribution in [3.63, 3.8) is 0 Å². The first-order valence-electron chi connectivity index (χ1n) is 7.17. The predicted molar refractivity (Wildman–Crippen MR) is 77.9 cm³/mol. The van der Waals surface area contributed by atoms with Gasteiger partial charge in [-0.15, -0.1) is 0 Å². The molecule has 0 bridgehead atoms. The van der Waals surface area contributed by atoms with Gasteiger partial charge in [-0.2, -0.15) is 5.10 Å². The van der Waals surface area contributed by atoms with E-state index < -0.39 is 0 Å². The van der Waals surface area contributed by atoms with Crippen molar-refractivity contribution >= 4 is 0 Å². The molecule has 0 aromatic carbocycles. The first-order valence-corrected chi connectivity index (χ1v) is 7.17. The van der Waals surface area contributed by atoms with E-state index in [1.165, 1.54) is 11.4 Å². The predicted octanol–water partition coefficient (Wildman–Crippen LogP) is 2.89. The van der Waals surface area contributed by atoms with Crippen molar-refractivity contribution < 1.29 is 0 Å². The molecule has 0 fully saturated rings. The maximum Gasteiger partial charge on any atom is 0.0624 e. The van der Waals surface area contributed by atoms with Crippen molar-refractivity contribution in [2.45, 2.75) is 54.0 Å². The molecule has 0 saturated heterocycles. The first kappa shape index (κ1) is 15.2. The molecule has 1 aromatic rings. The molecule has 0 radical (unpaired) electrons. The number of aryl methyl sites for hydroxylation is 2. The molecule has 3 heteroatoms. The van der Waals surface area contributed by atoms with E-state index >= 15 is 0 Å². The molecule has 1 aromatic heterocycles. The van der Waals surface area contributed by atoms with Gasteiger partial charge in [0.2, 0.25) is 0 Å². The van der Waals surface area contributed by atoms with Gasteiger partial charge in [0, 0.05) is 18.8 Å². The molecule has 0 aliphatic heterocycles. The van der Waals surface area contributed by atoms with E-state index in [2.05, 4.69) is 55.8 Å². The van der Waals surface area contributed by atoms with Gasteiger partial charge in [-0.1, -0.05) is 27.7 Å². The first-order chi connectivity index (χ1) is 8.46. The Morgan fingerprint density at radius 1 is 1.39 bits per heavy atom. The lowest BCUT2D eigenvalue weighted by Gasteiger charge is -2.33. The summed E-state index contributed by atoms with van der Waals surface area (Å²) in [6.07, 6.45) is 2.11. The van der Waals surface area contributed by atoms with Gasteiger partial charge in [0.25, 0.3) is 0 Å². The van der Waals surface area contributed by atoms with Crippen LogP contribution >= 0.6 is 0 Å². The highest BCUT2D eigenvalue weighted by atomic mass is 15.3. The zero-order valence-electron chi connectivity index (χ0n) is 12.9. The van der Waals surface area contributed by atoms with E-state index in [-0.39, 0.29) is 5.41 Å². The molecule has 0 spiro atoms. The Bertz CT molecular complexity index is 368. The number of hydrogen-bond donors (Lipinski definition) is 1. The second kappa shape index (κ2) is 6.37. The third-order valence-corrected chi connectivity index (χ3v) is 4.14. The summed E-state index contributed by atoms with van der Waals surface area (Å²) >= 11 is 0. The van der Waals surface area contributed by atoms with Crippen LogP contribution in [0, 0.1) is 11.3 Å². The molecule has 0 aliphatic rings. The van der Waals surface area contributed by atoms with E-state index in [0.29, 0.717) is 5.92 Å². The van der Waals surface area contributed by atoms with E-state index in [4.69, 9.17) is 0 Å². The molecule has 1 heterocycles. The minimum atomic E-state index is 0.284. The number of aromatic nitrogens is 2. The lowest BCUT2D eigenvalue weighted by Crippen LogP contribution is -2.37. The average Bonchev–Trinajstić information content (AvgIpc) is 2.71. The fraction of sp³-hybridized carbons (Fsp3) is 0.800. The smallest absolute Gasteiger partial charge is 0.0624 e. The largest absolute Gasteiger partial charge is 0.319 e. The molecule has 0 aliphatic carbocycles. The molecular formula is C15H29N3. The molecule has 1 atom stereocenters. The fourth-order valence-electron chi connectivity index (χ4n) is 2.39. The van der Waals surface area contributed by atoms with Gasteiger partial charge >= 0.3 is 0 Å². The summed E-state index contributed by atoms with van der Waals surface area (Å²) in [5.41, 5.74) is 2.87. The molecule has 3 nitrogen and oxygen atoms in total. The van der Waals surface area contributed by atoms with Crippen LogP contribution < -0.4 is 5.32 Å². The van der Waals surface area contributed by atoms with Gasteiger partial charge in [0.05, 0.1) is 5.69 Å². The number of nitrogens with zero attached hydrogens (tertiary/aromatic N) is 2. The number of nitrogens with one attached hydrogen (secondary N) is 1. The third kappa shape index (κ3) is 3.35. The third-order valence-electron chi connectivity index (χ3n) is 4.14. The standard InChI is InChI=1S/C15H29N3/c1-7-13-9-14(18(8-2)17-13)10-15(5,11-16-6)12(3)4/h9,12,16H,7-8,10-11H2,1-6H3. The zero-order chi connectivity index (χ0) is 13.8. The lowest BCUT2D eigenvalue weighted by molar-refractivity contribution is 0.207. The summed E-state index contributed by atoms with van der Waals surface area (Å²) in [6.45, 7) is 13.3. The minimum absolute atomic E-state index is 0.284. The molecule has 1 N–H and O–H groups in total. The van der Waals surface area contributed by atoms with Gasteiger partial charge in [0.15, 0.2) is 0 Å². The lowest BCUT2D eigenvalue weighted by atomic mass is 9.75. The van der Waals surface area contributed by atoms with Crippen LogP contribution in [-0.4, -0.2) is 23.4 Å². The van der Waals surface area contributed by atoms with Gasteiger partial charge in [0.1, 0.15) is 0 Å². The molecule has 1 unspecified atom stereocenters. The van der Waals surface area contributed by atoms with E-state index in [1.54, 1.807) is 0 Å². The fourth-order valence-corrected chi connectivity index (χ4v) is 2.39. The topological polar surface area (TPSA) is 29.9 Å². The SMILES string of the molecule is CCc1cc(CC(C)(CNC)C(C)C)n(CC)n1. The highest BCUT2D eigenvalue weighted by Crippen LogP contribution is 2.31. The van der Waals surface area contributed by atoms with Crippen LogP contribution in [0.15, 0.2) is 6.07 Å². The normalized spacial score (nSPS) is 15.1. The van der Waals surface area contributed by atoms with Crippen molar-refractivity contribution in [1.29, 1.82) is 0 Å². The summed E-state index contributed by atoms with van der Waals surface area (Å²) in [4.78, 5) is 0. The van der Waals surface area contributed by atoms with Crippen LogP contribution in [-0.2, 0) is 19.4 Å². The Kier molecular flexibility index (Phi) is 5.39. The summed E-state index contributed by atoms with van der Waals surface area (Å²) in [6, 6.07) is 2.28. The maximum atomic E-state index is 4.65. The highest BCUT2D eigenvalue weighted by Gasteiger charge is 2.29. The van der Waals surface area contributed by atoms with Gasteiger partial charge < -0.3 is 5.32 Å². The van der Waals surface area contributed by atoms with Crippen LogP contribution in [0.2, 0.25) is 0 Å². The van der Waals surface area contributed by atoms with E-state index in [1.807, 2.05) is 7.05 Å². The number of hydrogen-bond acceptors (Lipinski definition) is 2. The molecule has 0 amide bonds. The van der Waals surface area contributed by atoms with Crippen molar-refractivity contribution in [2.75, 3.05) is 13.6 Å². The summed E-state index contributed by atoms with van der Waals surface area (Å²) in [7, 11) is 2.04. The summed E-state index contributed by atoms with van der Waals surface area (Å²) < 4.78 is 2.16. The Labute approximate surface area is 112 Å². The Balaban J connectivity index is 2.96. The average molecular weight is 251 g/mol. The second-order valence-corrected chi connectivity index (χ2v) is 5.81. The molecule has 18 heavy (non-hydrogen) atoms. The van der Waals surface area contributed by atoms with Crippen molar-refractivity contribution in [1.82, 2.24) is 15.1 Å². The minimum Gasteiger partial charge on any atom is -0.319 e. The van der Waals surface area contributed by atoms with Crippen LogP contribution in [0.5, 0.6) is 0 Å². The molecule has 104 valence electrons. The second-order valence-electron chi connectivity index (χ2n) is 5.81. The molecule has 0 saturated carbocycles. The van der Waals surface area contributed by atoms with Gasteiger partial charge in [-0.05, 0) is 44.2 Å². The highest BCUT2D eigenvalue weighted by molar-refractivity contribution is 5.13. The van der Waals surface area contributed by atoms with Gasteiger partial charge in [-0.25, -0.2) is 0 Å². The van der Waals surface area contributed by atoms with Crippen LogP contribution in [0.1, 0.15) is 46.0 Å². The van der Waals surface area contributed by atoms with Crippen molar-refractivity contribution in [3.8, 4) is 0 Å². The van der Waals surface area contributed by atoms with Gasteiger partial charge in [-0.3, -0.25) is 4.68 Å². The van der Waals surface area contributed by atoms with E-state index in [0.717, 1.165) is 25.9 Å². The van der Waals surface area contributed by atoms with Crippen molar-refractivity contribution in [3.05, 3.63) is 17.5 Å². The van der Waals surface area contributed by atoms with E-state index in [9.17, 15) is 0 Å². The van der Waals surface area contributed by atoms with Crippen molar-refractivity contribution in [2.24, 2.45) is 11.3 Å². The Hall–Kier alpha value is -0.830. The zero-order valence-corrected chi connectivity index (χ0v) is 12.9. The molecular weight excluding hydrogens is 222 g/mol. The Morgan fingerprint density at radius 3 is 2.50 bits per heavy atom. The Morgan fingerprint density at radius 2 is 2.06 bits per heavy atom. The summed E-state index contributed by atoms with van der Waals surface area (Å²) in [5, 5.41) is 7.99. The summed E-state index contributed by atoms with van der Waals surface area (Å²) in [5.74, 6) is 0.648. The van der Waals surface area contributed by atoms with Crippen LogP contribution in [0.25, 0.3) is 0 Å². The van der Waals surface area contributed by atoms with Crippen LogP contribution in [0.3, 0.4) is 0 Å². The molecule has 1 rings (SSSR count).